The second-order valence-corrected chi connectivity index (χ2v) is 5.45. The number of halogens is 2. The normalized spacial score (nSPS) is 10.8. The van der Waals surface area contributed by atoms with E-state index in [-0.39, 0.29) is 24.2 Å². The molecule has 2 aromatic carbocycles. The van der Waals surface area contributed by atoms with E-state index in [9.17, 15) is 13.6 Å². The number of nitrogens with one attached hydrogen (secondary N) is 1. The second kappa shape index (κ2) is 8.29. The molecule has 24 heavy (non-hydrogen) atoms. The van der Waals surface area contributed by atoms with Gasteiger partial charge in [-0.3, -0.25) is 4.79 Å². The average molecular weight is 334 g/mol. The van der Waals surface area contributed by atoms with Crippen LogP contribution in [-0.4, -0.2) is 25.1 Å². The van der Waals surface area contributed by atoms with Gasteiger partial charge in [-0.25, -0.2) is 0 Å². The summed E-state index contributed by atoms with van der Waals surface area (Å²) < 4.78 is 28.5. The van der Waals surface area contributed by atoms with E-state index in [1.165, 1.54) is 12.1 Å². The Morgan fingerprint density at radius 3 is 2.25 bits per heavy atom. The summed E-state index contributed by atoms with van der Waals surface area (Å²) in [5.74, 6) is -0.000856. The zero-order valence-electron chi connectivity index (χ0n) is 13.6. The van der Waals surface area contributed by atoms with E-state index in [4.69, 9.17) is 0 Å². The molecule has 0 saturated heterocycles. The van der Waals surface area contributed by atoms with Crippen LogP contribution in [0, 0.1) is 0 Å². The Morgan fingerprint density at radius 1 is 1.08 bits per heavy atom. The molecule has 0 aromatic heterocycles. The van der Waals surface area contributed by atoms with Crippen LogP contribution in [-0.2, 0) is 4.79 Å². The Labute approximate surface area is 140 Å². The molecule has 0 atom stereocenters. The molecule has 0 heterocycles. The maximum atomic E-state index is 12.5. The number of carbonyl (C=O) groups excluding carboxylic acids is 1. The third-order valence-electron chi connectivity index (χ3n) is 3.34. The van der Waals surface area contributed by atoms with Crippen molar-refractivity contribution in [1.29, 1.82) is 0 Å². The summed E-state index contributed by atoms with van der Waals surface area (Å²) in [6, 6.07) is 15.5. The van der Waals surface area contributed by atoms with Gasteiger partial charge >= 0.3 is 6.61 Å². The smallest absolute Gasteiger partial charge is 0.387 e. The lowest BCUT2D eigenvalue weighted by atomic mass is 10.2. The first-order valence-electron chi connectivity index (χ1n) is 7.63. The Bertz CT molecular complexity index is 646. The monoisotopic (exact) mass is 334 g/mol. The largest absolute Gasteiger partial charge is 0.435 e. The van der Waals surface area contributed by atoms with E-state index < -0.39 is 6.61 Å². The van der Waals surface area contributed by atoms with Crippen LogP contribution < -0.4 is 15.0 Å². The highest BCUT2D eigenvalue weighted by molar-refractivity contribution is 5.96. The molecule has 2 rings (SSSR count). The van der Waals surface area contributed by atoms with Gasteiger partial charge in [-0.2, -0.15) is 8.78 Å². The fraction of sp³-hybridized carbons (Fsp3) is 0.278. The van der Waals surface area contributed by atoms with Gasteiger partial charge < -0.3 is 15.0 Å². The number of rotatable bonds is 7. The lowest BCUT2D eigenvalue weighted by Gasteiger charge is -2.27. The summed E-state index contributed by atoms with van der Waals surface area (Å²) in [6.07, 6.45) is 0. The maximum absolute atomic E-state index is 12.5. The van der Waals surface area contributed by atoms with Crippen LogP contribution in [0.25, 0.3) is 0 Å². The molecular formula is C18H20F2N2O2. The maximum Gasteiger partial charge on any atom is 0.387 e. The number of ether oxygens (including phenoxy) is 1. The number of anilines is 2. The van der Waals surface area contributed by atoms with E-state index in [0.717, 1.165) is 5.69 Å². The summed E-state index contributed by atoms with van der Waals surface area (Å²) in [6.45, 7) is 1.14. The van der Waals surface area contributed by atoms with Crippen molar-refractivity contribution in [2.45, 2.75) is 26.5 Å². The Balaban J connectivity index is 1.98. The SMILES string of the molecule is CC(C)N(C(=O)CNc1ccc(OC(F)F)cc1)c1ccccc1. The third kappa shape index (κ3) is 4.94. The van der Waals surface area contributed by atoms with Crippen molar-refractivity contribution >= 4 is 17.3 Å². The fourth-order valence-corrected chi connectivity index (χ4v) is 2.34. The number of nitrogens with zero attached hydrogens (tertiary/aromatic N) is 1. The van der Waals surface area contributed by atoms with E-state index in [0.29, 0.717) is 5.69 Å². The van der Waals surface area contributed by atoms with Gasteiger partial charge in [-0.15, -0.1) is 0 Å². The summed E-state index contributed by atoms with van der Waals surface area (Å²) in [5.41, 5.74) is 1.49. The van der Waals surface area contributed by atoms with Crippen molar-refractivity contribution < 1.29 is 18.3 Å². The summed E-state index contributed by atoms with van der Waals surface area (Å²) in [4.78, 5) is 14.2. The van der Waals surface area contributed by atoms with Crippen LogP contribution in [0.15, 0.2) is 54.6 Å². The number of benzene rings is 2. The van der Waals surface area contributed by atoms with Gasteiger partial charge in [0.05, 0.1) is 6.54 Å². The number of hydrogen-bond acceptors (Lipinski definition) is 3. The molecule has 0 spiro atoms. The molecule has 0 bridgehead atoms. The molecule has 2 aromatic rings. The van der Waals surface area contributed by atoms with E-state index in [2.05, 4.69) is 10.1 Å². The zero-order chi connectivity index (χ0) is 17.5. The zero-order valence-corrected chi connectivity index (χ0v) is 13.6. The van der Waals surface area contributed by atoms with E-state index in [1.54, 1.807) is 17.0 Å². The van der Waals surface area contributed by atoms with Gasteiger partial charge in [-0.1, -0.05) is 18.2 Å². The molecule has 1 amide bonds. The quantitative estimate of drug-likeness (QED) is 0.827. The predicted molar refractivity (Wildman–Crippen MR) is 90.6 cm³/mol. The van der Waals surface area contributed by atoms with Crippen LogP contribution in [0.3, 0.4) is 0 Å². The van der Waals surface area contributed by atoms with E-state index >= 15 is 0 Å². The fourth-order valence-electron chi connectivity index (χ4n) is 2.34. The van der Waals surface area contributed by atoms with Crippen molar-refractivity contribution in [2.24, 2.45) is 0 Å². The van der Waals surface area contributed by atoms with Gasteiger partial charge in [-0.05, 0) is 50.2 Å². The van der Waals surface area contributed by atoms with Crippen molar-refractivity contribution in [3.63, 3.8) is 0 Å². The first kappa shape index (κ1) is 17.7. The van der Waals surface area contributed by atoms with Gasteiger partial charge in [0.2, 0.25) is 5.91 Å². The van der Waals surface area contributed by atoms with Gasteiger partial charge in [0.25, 0.3) is 0 Å². The number of para-hydroxylation sites is 1. The number of alkyl halides is 2. The molecule has 0 radical (unpaired) electrons. The summed E-state index contributed by atoms with van der Waals surface area (Å²) in [7, 11) is 0. The van der Waals surface area contributed by atoms with Crippen molar-refractivity contribution in [3.05, 3.63) is 54.6 Å². The van der Waals surface area contributed by atoms with Crippen LogP contribution >= 0.6 is 0 Å². The minimum absolute atomic E-state index is 0.0171. The third-order valence-corrected chi connectivity index (χ3v) is 3.34. The van der Waals surface area contributed by atoms with E-state index in [1.807, 2.05) is 44.2 Å². The van der Waals surface area contributed by atoms with Crippen LogP contribution in [0.2, 0.25) is 0 Å². The minimum Gasteiger partial charge on any atom is -0.435 e. The topological polar surface area (TPSA) is 41.6 Å². The van der Waals surface area contributed by atoms with Crippen LogP contribution in [0.4, 0.5) is 20.2 Å². The molecule has 0 aliphatic heterocycles. The Hall–Kier alpha value is -2.63. The van der Waals surface area contributed by atoms with Crippen molar-refractivity contribution in [1.82, 2.24) is 0 Å². The first-order valence-corrected chi connectivity index (χ1v) is 7.63. The minimum atomic E-state index is -2.85. The second-order valence-electron chi connectivity index (χ2n) is 5.45. The van der Waals surface area contributed by atoms with Gasteiger partial charge in [0.15, 0.2) is 0 Å². The highest BCUT2D eigenvalue weighted by Gasteiger charge is 2.18. The van der Waals surface area contributed by atoms with Gasteiger partial charge in [0, 0.05) is 17.4 Å². The summed E-state index contributed by atoms with van der Waals surface area (Å²) in [5, 5.41) is 3.00. The molecule has 1 N–H and O–H groups in total. The van der Waals surface area contributed by atoms with Crippen LogP contribution in [0.1, 0.15) is 13.8 Å². The number of amides is 1. The molecule has 0 aliphatic carbocycles. The predicted octanol–water partition coefficient (Wildman–Crippen LogP) is 4.14. The Morgan fingerprint density at radius 2 is 1.71 bits per heavy atom. The standard InChI is InChI=1S/C18H20F2N2O2/c1-13(2)22(15-6-4-3-5-7-15)17(23)12-21-14-8-10-16(11-9-14)24-18(19)20/h3-11,13,18,21H,12H2,1-2H3. The molecule has 128 valence electrons. The van der Waals surface area contributed by atoms with Crippen LogP contribution in [0.5, 0.6) is 5.75 Å². The lowest BCUT2D eigenvalue weighted by molar-refractivity contribution is -0.117. The highest BCUT2D eigenvalue weighted by Crippen LogP contribution is 2.19. The molecule has 4 nitrogen and oxygen atoms in total. The lowest BCUT2D eigenvalue weighted by Crippen LogP contribution is -2.40. The Kier molecular flexibility index (Phi) is 6.12. The highest BCUT2D eigenvalue weighted by atomic mass is 19.3. The number of carbonyl (C=O) groups is 1. The molecule has 0 aliphatic rings. The first-order chi connectivity index (χ1) is 11.5. The van der Waals surface area contributed by atoms with Gasteiger partial charge in [0.1, 0.15) is 5.75 Å². The molecule has 0 saturated carbocycles. The molecular weight excluding hydrogens is 314 g/mol. The summed E-state index contributed by atoms with van der Waals surface area (Å²) >= 11 is 0. The van der Waals surface area contributed by atoms with Crippen molar-refractivity contribution in [3.8, 4) is 5.75 Å². The molecule has 0 fully saturated rings. The number of hydrogen-bond donors (Lipinski definition) is 1. The molecule has 0 unspecified atom stereocenters. The molecule has 6 heteroatoms. The van der Waals surface area contributed by atoms with Crippen molar-refractivity contribution in [2.75, 3.05) is 16.8 Å². The average Bonchev–Trinajstić information content (AvgIpc) is 2.54.